The van der Waals surface area contributed by atoms with E-state index in [2.05, 4.69) is 11.1 Å². The van der Waals surface area contributed by atoms with Crippen LogP contribution < -0.4 is 0 Å². The second kappa shape index (κ2) is 8.78. The van der Waals surface area contributed by atoms with Gasteiger partial charge in [0.25, 0.3) is 0 Å². The fourth-order valence-corrected chi connectivity index (χ4v) is 3.84. The van der Waals surface area contributed by atoms with Crippen LogP contribution in [-0.2, 0) is 11.3 Å². The summed E-state index contributed by atoms with van der Waals surface area (Å²) in [7, 11) is 0. The Balaban J connectivity index is 1.39. The maximum Gasteiger partial charge on any atom is 0.410 e. The highest BCUT2D eigenvalue weighted by Crippen LogP contribution is 2.35. The summed E-state index contributed by atoms with van der Waals surface area (Å²) in [6.07, 6.45) is 3.11. The molecule has 1 amide bonds. The van der Waals surface area contributed by atoms with E-state index in [1.165, 1.54) is 5.56 Å². The number of piperidine rings is 1. The van der Waals surface area contributed by atoms with E-state index >= 15 is 0 Å². The summed E-state index contributed by atoms with van der Waals surface area (Å²) in [5.41, 5.74) is 4.00. The van der Waals surface area contributed by atoms with Crippen molar-refractivity contribution in [2.24, 2.45) is 0 Å². The first-order valence-electron chi connectivity index (χ1n) is 9.90. The molecule has 0 unspecified atom stereocenters. The topological polar surface area (TPSA) is 62.7 Å². The number of nitrogens with zero attached hydrogens (tertiary/aromatic N) is 2. The van der Waals surface area contributed by atoms with Crippen LogP contribution in [-0.4, -0.2) is 34.2 Å². The van der Waals surface area contributed by atoms with E-state index in [4.69, 9.17) is 4.74 Å². The monoisotopic (exact) mass is 388 g/mol. The lowest BCUT2D eigenvalue weighted by molar-refractivity contribution is 0.0870. The lowest BCUT2D eigenvalue weighted by Gasteiger charge is -2.32. The summed E-state index contributed by atoms with van der Waals surface area (Å²) in [4.78, 5) is 18.6. The number of benzene rings is 2. The average Bonchev–Trinajstić information content (AvgIpc) is 2.78. The lowest BCUT2D eigenvalue weighted by Crippen LogP contribution is -2.38. The van der Waals surface area contributed by atoms with Crippen molar-refractivity contribution in [3.63, 3.8) is 0 Å². The van der Waals surface area contributed by atoms with Gasteiger partial charge in [0.1, 0.15) is 12.4 Å². The standard InChI is InChI=1S/C24H24N2O3/c27-20-10-13-25-23(16-20)22-9-5-4-8-21(22)19-11-14-26(15-12-19)24(28)29-17-18-6-2-1-3-7-18/h1-10,13,16,19H,11-12,14-15,17H2,(H,25,27). The third-order valence-corrected chi connectivity index (χ3v) is 5.38. The molecule has 5 nitrogen and oxygen atoms in total. The molecule has 1 aromatic heterocycles. The van der Waals surface area contributed by atoms with Crippen molar-refractivity contribution >= 4 is 6.09 Å². The van der Waals surface area contributed by atoms with Crippen molar-refractivity contribution in [1.29, 1.82) is 0 Å². The molecular formula is C24H24N2O3. The number of hydrogen-bond donors (Lipinski definition) is 1. The number of aromatic hydroxyl groups is 1. The Morgan fingerprint density at radius 1 is 1.03 bits per heavy atom. The molecule has 0 aliphatic carbocycles. The molecule has 3 aromatic rings. The Labute approximate surface area is 170 Å². The molecular weight excluding hydrogens is 364 g/mol. The SMILES string of the molecule is O=C(OCc1ccccc1)N1CCC(c2ccccc2-c2cc(O)ccn2)CC1. The van der Waals surface area contributed by atoms with Gasteiger partial charge in [-0.3, -0.25) is 4.98 Å². The molecule has 2 aromatic carbocycles. The van der Waals surface area contributed by atoms with Crippen LogP contribution >= 0.6 is 0 Å². The highest BCUT2D eigenvalue weighted by molar-refractivity contribution is 5.68. The Morgan fingerprint density at radius 3 is 2.52 bits per heavy atom. The summed E-state index contributed by atoms with van der Waals surface area (Å²) in [6, 6.07) is 21.2. The zero-order chi connectivity index (χ0) is 20.1. The third kappa shape index (κ3) is 4.57. The number of carbonyl (C=O) groups excluding carboxylic acids is 1. The zero-order valence-corrected chi connectivity index (χ0v) is 16.2. The first-order valence-corrected chi connectivity index (χ1v) is 9.90. The Kier molecular flexibility index (Phi) is 5.75. The molecule has 148 valence electrons. The minimum atomic E-state index is -0.254. The number of likely N-dealkylation sites (tertiary alicyclic amines) is 1. The highest BCUT2D eigenvalue weighted by atomic mass is 16.6. The van der Waals surface area contributed by atoms with Crippen molar-refractivity contribution in [2.75, 3.05) is 13.1 Å². The molecule has 5 heteroatoms. The lowest BCUT2D eigenvalue weighted by atomic mass is 9.85. The number of pyridine rings is 1. The van der Waals surface area contributed by atoms with Crippen LogP contribution in [0.2, 0.25) is 0 Å². The first kappa shape index (κ1) is 19.0. The van der Waals surface area contributed by atoms with E-state index in [-0.39, 0.29) is 11.8 Å². The molecule has 29 heavy (non-hydrogen) atoms. The molecule has 1 N–H and O–H groups in total. The maximum atomic E-state index is 12.4. The molecule has 0 atom stereocenters. The molecule has 0 radical (unpaired) electrons. The number of hydrogen-bond acceptors (Lipinski definition) is 4. The van der Waals surface area contributed by atoms with E-state index in [9.17, 15) is 9.90 Å². The smallest absolute Gasteiger partial charge is 0.410 e. The van der Waals surface area contributed by atoms with Gasteiger partial charge in [0.15, 0.2) is 0 Å². The van der Waals surface area contributed by atoms with Gasteiger partial charge in [-0.15, -0.1) is 0 Å². The molecule has 1 fully saturated rings. The summed E-state index contributed by atoms with van der Waals surface area (Å²) in [5.74, 6) is 0.550. The van der Waals surface area contributed by atoms with Crippen LogP contribution in [0, 0.1) is 0 Å². The van der Waals surface area contributed by atoms with Gasteiger partial charge in [-0.05, 0) is 36.0 Å². The van der Waals surface area contributed by atoms with Gasteiger partial charge >= 0.3 is 6.09 Å². The maximum absolute atomic E-state index is 12.4. The first-order chi connectivity index (χ1) is 14.2. The zero-order valence-electron chi connectivity index (χ0n) is 16.2. The fraction of sp³-hybridized carbons (Fsp3) is 0.250. The third-order valence-electron chi connectivity index (χ3n) is 5.38. The number of aromatic nitrogens is 1. The van der Waals surface area contributed by atoms with Crippen LogP contribution in [0.4, 0.5) is 4.79 Å². The Hall–Kier alpha value is -3.34. The molecule has 4 rings (SSSR count). The van der Waals surface area contributed by atoms with Crippen molar-refractivity contribution < 1.29 is 14.6 Å². The van der Waals surface area contributed by atoms with Crippen LogP contribution in [0.25, 0.3) is 11.3 Å². The van der Waals surface area contributed by atoms with E-state index in [0.717, 1.165) is 29.7 Å². The van der Waals surface area contributed by atoms with Gasteiger partial charge in [0.05, 0.1) is 5.69 Å². The normalized spacial score (nSPS) is 14.6. The summed E-state index contributed by atoms with van der Waals surface area (Å²) < 4.78 is 5.46. The predicted octanol–water partition coefficient (Wildman–Crippen LogP) is 4.97. The minimum Gasteiger partial charge on any atom is -0.508 e. The average molecular weight is 388 g/mol. The summed E-state index contributed by atoms with van der Waals surface area (Å²) in [6.45, 7) is 1.63. The Bertz CT molecular complexity index is 967. The number of amides is 1. The highest BCUT2D eigenvalue weighted by Gasteiger charge is 2.26. The second-order valence-electron chi connectivity index (χ2n) is 7.29. The molecule has 0 saturated carbocycles. The van der Waals surface area contributed by atoms with Gasteiger partial charge in [0, 0.05) is 30.9 Å². The predicted molar refractivity (Wildman–Crippen MR) is 112 cm³/mol. The van der Waals surface area contributed by atoms with E-state index in [0.29, 0.717) is 25.6 Å². The van der Waals surface area contributed by atoms with Crippen molar-refractivity contribution in [3.05, 3.63) is 84.1 Å². The molecule has 0 bridgehead atoms. The molecule has 1 aliphatic heterocycles. The van der Waals surface area contributed by atoms with Gasteiger partial charge < -0.3 is 14.7 Å². The molecule has 1 saturated heterocycles. The van der Waals surface area contributed by atoms with Crippen LogP contribution in [0.3, 0.4) is 0 Å². The van der Waals surface area contributed by atoms with Crippen molar-refractivity contribution in [2.45, 2.75) is 25.4 Å². The van der Waals surface area contributed by atoms with Gasteiger partial charge in [-0.2, -0.15) is 0 Å². The second-order valence-corrected chi connectivity index (χ2v) is 7.29. The van der Waals surface area contributed by atoms with Crippen LogP contribution in [0.1, 0.15) is 29.9 Å². The van der Waals surface area contributed by atoms with Gasteiger partial charge in [-0.25, -0.2) is 4.79 Å². The quantitative estimate of drug-likeness (QED) is 0.685. The van der Waals surface area contributed by atoms with Crippen LogP contribution in [0.15, 0.2) is 72.9 Å². The van der Waals surface area contributed by atoms with Crippen molar-refractivity contribution in [1.82, 2.24) is 9.88 Å². The number of rotatable bonds is 4. The largest absolute Gasteiger partial charge is 0.508 e. The van der Waals surface area contributed by atoms with Gasteiger partial charge in [-0.1, -0.05) is 54.6 Å². The molecule has 0 spiro atoms. The van der Waals surface area contributed by atoms with Gasteiger partial charge in [0.2, 0.25) is 0 Å². The van der Waals surface area contributed by atoms with E-state index in [1.807, 2.05) is 48.5 Å². The molecule has 2 heterocycles. The van der Waals surface area contributed by atoms with E-state index < -0.39 is 0 Å². The Morgan fingerprint density at radius 2 is 1.76 bits per heavy atom. The summed E-state index contributed by atoms with van der Waals surface area (Å²) >= 11 is 0. The van der Waals surface area contributed by atoms with Crippen LogP contribution in [0.5, 0.6) is 5.75 Å². The van der Waals surface area contributed by atoms with E-state index in [1.54, 1.807) is 23.2 Å². The number of ether oxygens (including phenoxy) is 1. The fourth-order valence-electron chi connectivity index (χ4n) is 3.84. The van der Waals surface area contributed by atoms with Crippen molar-refractivity contribution in [3.8, 4) is 17.0 Å². The summed E-state index contributed by atoms with van der Waals surface area (Å²) in [5, 5.41) is 9.81. The molecule has 1 aliphatic rings. The minimum absolute atomic E-state index is 0.209. The number of carbonyl (C=O) groups is 1.